The van der Waals surface area contributed by atoms with Crippen molar-refractivity contribution in [2.45, 2.75) is 12.5 Å². The number of hydrogen-bond acceptors (Lipinski definition) is 3. The van der Waals surface area contributed by atoms with Gasteiger partial charge in [0.25, 0.3) is 0 Å². The van der Waals surface area contributed by atoms with Crippen molar-refractivity contribution in [1.82, 2.24) is 4.98 Å². The van der Waals surface area contributed by atoms with Crippen molar-refractivity contribution in [3.05, 3.63) is 57.2 Å². The van der Waals surface area contributed by atoms with Crippen LogP contribution in [0, 0.1) is 0 Å². The highest BCUT2D eigenvalue weighted by atomic mass is 79.9. The fourth-order valence-electron chi connectivity index (χ4n) is 1.75. The predicted octanol–water partition coefficient (Wildman–Crippen LogP) is 3.32. The smallest absolute Gasteiger partial charge is 0.128 e. The molecular weight excluding hydrogens is 314 g/mol. The Kier molecular flexibility index (Phi) is 4.22. The average Bonchev–Trinajstić information content (AvgIpc) is 2.35. The van der Waals surface area contributed by atoms with E-state index in [2.05, 4.69) is 20.9 Å². The third kappa shape index (κ3) is 3.22. The summed E-state index contributed by atoms with van der Waals surface area (Å²) >= 11 is 9.30. The zero-order valence-electron chi connectivity index (χ0n) is 9.61. The molecule has 0 aliphatic heterocycles. The number of aromatic nitrogens is 1. The summed E-state index contributed by atoms with van der Waals surface area (Å²) in [6, 6.07) is 9.59. The number of halogens is 2. The topological polar surface area (TPSA) is 64.9 Å². The second kappa shape index (κ2) is 5.69. The van der Waals surface area contributed by atoms with Gasteiger partial charge in [-0.15, -0.1) is 0 Å². The van der Waals surface area contributed by atoms with Crippen molar-refractivity contribution < 1.29 is 0 Å². The first kappa shape index (κ1) is 13.3. The normalized spacial score (nSPS) is 12.4. The van der Waals surface area contributed by atoms with Crippen LogP contribution in [0.3, 0.4) is 0 Å². The van der Waals surface area contributed by atoms with Gasteiger partial charge in [-0.1, -0.05) is 39.7 Å². The first-order valence-electron chi connectivity index (χ1n) is 5.47. The zero-order valence-corrected chi connectivity index (χ0v) is 11.9. The molecule has 4 N–H and O–H groups in total. The van der Waals surface area contributed by atoms with Crippen LogP contribution in [0.1, 0.15) is 17.2 Å². The highest BCUT2D eigenvalue weighted by Crippen LogP contribution is 2.23. The molecule has 3 nitrogen and oxygen atoms in total. The molecule has 1 heterocycles. The van der Waals surface area contributed by atoms with E-state index in [1.54, 1.807) is 6.07 Å². The van der Waals surface area contributed by atoms with Crippen molar-refractivity contribution in [1.29, 1.82) is 0 Å². The van der Waals surface area contributed by atoms with Crippen LogP contribution in [0.2, 0.25) is 5.02 Å². The lowest BCUT2D eigenvalue weighted by Gasteiger charge is -2.14. The Hall–Kier alpha value is -1.10. The third-order valence-corrected chi connectivity index (χ3v) is 3.42. The lowest BCUT2D eigenvalue weighted by molar-refractivity contribution is 0.721. The molecule has 1 aromatic carbocycles. The minimum Gasteiger partial charge on any atom is -0.383 e. The first-order chi connectivity index (χ1) is 8.56. The number of benzene rings is 1. The van der Waals surface area contributed by atoms with Crippen LogP contribution in [0.25, 0.3) is 0 Å². The van der Waals surface area contributed by atoms with E-state index in [4.69, 9.17) is 23.1 Å². The predicted molar refractivity (Wildman–Crippen MR) is 78.4 cm³/mol. The molecule has 18 heavy (non-hydrogen) atoms. The van der Waals surface area contributed by atoms with Crippen molar-refractivity contribution in [2.75, 3.05) is 5.73 Å². The van der Waals surface area contributed by atoms with Crippen LogP contribution in [0.15, 0.2) is 41.0 Å². The summed E-state index contributed by atoms with van der Waals surface area (Å²) in [7, 11) is 0. The number of hydrogen-bond donors (Lipinski definition) is 2. The van der Waals surface area contributed by atoms with Crippen LogP contribution >= 0.6 is 27.5 Å². The van der Waals surface area contributed by atoms with Gasteiger partial charge in [0.15, 0.2) is 0 Å². The van der Waals surface area contributed by atoms with Gasteiger partial charge in [-0.3, -0.25) is 0 Å². The maximum atomic E-state index is 6.14. The van der Waals surface area contributed by atoms with E-state index in [1.165, 1.54) is 6.20 Å². The zero-order chi connectivity index (χ0) is 13.1. The summed E-state index contributed by atoms with van der Waals surface area (Å²) in [6.45, 7) is 0. The number of pyridine rings is 1. The molecule has 0 amide bonds. The summed E-state index contributed by atoms with van der Waals surface area (Å²) in [5.41, 5.74) is 13.9. The number of anilines is 1. The summed E-state index contributed by atoms with van der Waals surface area (Å²) in [5.74, 6) is 0.434. The van der Waals surface area contributed by atoms with Gasteiger partial charge in [0, 0.05) is 22.3 Å². The molecule has 1 atom stereocenters. The molecule has 0 bridgehead atoms. The van der Waals surface area contributed by atoms with Gasteiger partial charge in [-0.25, -0.2) is 4.98 Å². The highest BCUT2D eigenvalue weighted by molar-refractivity contribution is 9.10. The fraction of sp³-hybridized carbons (Fsp3) is 0.154. The molecule has 1 unspecified atom stereocenters. The van der Waals surface area contributed by atoms with Crippen molar-refractivity contribution in [3.8, 4) is 0 Å². The van der Waals surface area contributed by atoms with Gasteiger partial charge >= 0.3 is 0 Å². The van der Waals surface area contributed by atoms with Crippen LogP contribution < -0.4 is 11.5 Å². The van der Waals surface area contributed by atoms with Gasteiger partial charge < -0.3 is 11.5 Å². The Balaban J connectivity index is 2.18. The molecule has 1 aromatic heterocycles. The molecule has 0 saturated carbocycles. The molecule has 94 valence electrons. The molecule has 0 spiro atoms. The summed E-state index contributed by atoms with van der Waals surface area (Å²) in [5, 5.41) is 0.547. The number of nitrogen functional groups attached to an aromatic ring is 1. The fourth-order valence-corrected chi connectivity index (χ4v) is 2.18. The average molecular weight is 327 g/mol. The first-order valence-corrected chi connectivity index (χ1v) is 6.64. The van der Waals surface area contributed by atoms with E-state index in [9.17, 15) is 0 Å². The van der Waals surface area contributed by atoms with Gasteiger partial charge in [-0.2, -0.15) is 0 Å². The molecule has 0 aliphatic rings. The van der Waals surface area contributed by atoms with Crippen molar-refractivity contribution >= 4 is 33.3 Å². The minimum atomic E-state index is -0.211. The standard InChI is InChI=1S/C13H13BrClN3/c14-9-3-1-8(2-4-9)5-12(16)11-6-10(15)7-18-13(11)17/h1-4,6-7,12H,5,16H2,(H2,17,18). The molecule has 5 heteroatoms. The summed E-state index contributed by atoms with van der Waals surface area (Å²) < 4.78 is 1.05. The van der Waals surface area contributed by atoms with Gasteiger partial charge in [0.1, 0.15) is 5.82 Å². The van der Waals surface area contributed by atoms with Crippen LogP contribution in [-0.4, -0.2) is 4.98 Å². The Morgan fingerprint density at radius 1 is 1.28 bits per heavy atom. The number of nitrogens with two attached hydrogens (primary N) is 2. The highest BCUT2D eigenvalue weighted by Gasteiger charge is 2.12. The molecule has 2 aromatic rings. The van der Waals surface area contributed by atoms with Crippen molar-refractivity contribution in [3.63, 3.8) is 0 Å². The largest absolute Gasteiger partial charge is 0.383 e. The molecule has 0 saturated heterocycles. The lowest BCUT2D eigenvalue weighted by Crippen LogP contribution is -2.16. The van der Waals surface area contributed by atoms with Gasteiger partial charge in [-0.05, 0) is 30.2 Å². The Morgan fingerprint density at radius 2 is 1.94 bits per heavy atom. The number of nitrogens with zero attached hydrogens (tertiary/aromatic N) is 1. The van der Waals surface area contributed by atoms with E-state index in [-0.39, 0.29) is 6.04 Å². The van der Waals surface area contributed by atoms with Gasteiger partial charge in [0.2, 0.25) is 0 Å². The minimum absolute atomic E-state index is 0.211. The lowest BCUT2D eigenvalue weighted by atomic mass is 10.0. The van der Waals surface area contributed by atoms with E-state index in [0.717, 1.165) is 15.6 Å². The SMILES string of the molecule is Nc1ncc(Cl)cc1C(N)Cc1ccc(Br)cc1. The second-order valence-corrected chi connectivity index (χ2v) is 5.42. The molecule has 2 rings (SSSR count). The summed E-state index contributed by atoms with van der Waals surface area (Å²) in [6.07, 6.45) is 2.21. The van der Waals surface area contributed by atoms with E-state index < -0.39 is 0 Å². The molecular formula is C13H13BrClN3. The number of rotatable bonds is 3. The summed E-state index contributed by atoms with van der Waals surface area (Å²) in [4.78, 5) is 4.01. The van der Waals surface area contributed by atoms with Crippen LogP contribution in [-0.2, 0) is 6.42 Å². The van der Waals surface area contributed by atoms with E-state index >= 15 is 0 Å². The third-order valence-electron chi connectivity index (χ3n) is 2.68. The molecule has 0 aliphatic carbocycles. The van der Waals surface area contributed by atoms with E-state index in [0.29, 0.717) is 17.3 Å². The maximum Gasteiger partial charge on any atom is 0.128 e. The molecule has 0 radical (unpaired) electrons. The Bertz CT molecular complexity index is 542. The quantitative estimate of drug-likeness (QED) is 0.909. The van der Waals surface area contributed by atoms with E-state index in [1.807, 2.05) is 24.3 Å². The maximum absolute atomic E-state index is 6.14. The monoisotopic (exact) mass is 325 g/mol. The van der Waals surface area contributed by atoms with Gasteiger partial charge in [0.05, 0.1) is 5.02 Å². The van der Waals surface area contributed by atoms with Crippen LogP contribution in [0.5, 0.6) is 0 Å². The van der Waals surface area contributed by atoms with Crippen LogP contribution in [0.4, 0.5) is 5.82 Å². The Morgan fingerprint density at radius 3 is 2.61 bits per heavy atom. The second-order valence-electron chi connectivity index (χ2n) is 4.07. The molecule has 0 fully saturated rings. The Labute approximate surface area is 119 Å². The van der Waals surface area contributed by atoms with Crippen molar-refractivity contribution in [2.24, 2.45) is 5.73 Å².